The molecule has 0 unspecified atom stereocenters. The zero-order valence-electron chi connectivity index (χ0n) is 28.2. The van der Waals surface area contributed by atoms with E-state index in [1.165, 1.54) is 146 Å². The van der Waals surface area contributed by atoms with Gasteiger partial charge in [0.05, 0.1) is 4.90 Å². The lowest BCUT2D eigenvalue weighted by Gasteiger charge is -2.09. The van der Waals surface area contributed by atoms with Crippen molar-refractivity contribution >= 4 is 21.6 Å². The van der Waals surface area contributed by atoms with Crippen LogP contribution in [0.1, 0.15) is 159 Å². The molecule has 2 aromatic carbocycles. The fraction of sp³-hybridized carbons (Fsp3) is 0.649. The van der Waals surface area contributed by atoms with Crippen molar-refractivity contribution in [2.75, 3.05) is 11.9 Å². The van der Waals surface area contributed by atoms with Gasteiger partial charge in [0.15, 0.2) is 17.2 Å². The van der Waals surface area contributed by atoms with Gasteiger partial charge in [0, 0.05) is 29.9 Å². The first-order valence-corrected chi connectivity index (χ1v) is 19.4. The largest absolute Gasteiger partial charge is 0.504 e. The number of carbonyl (C=O) groups is 1. The summed E-state index contributed by atoms with van der Waals surface area (Å²) in [4.78, 5) is 12.5. The zero-order chi connectivity index (χ0) is 33.5. The quantitative estimate of drug-likeness (QED) is 0.0368. The van der Waals surface area contributed by atoms with E-state index in [1.54, 1.807) is 0 Å². The van der Waals surface area contributed by atoms with Crippen molar-refractivity contribution in [2.45, 2.75) is 153 Å². The summed E-state index contributed by atoms with van der Waals surface area (Å²) in [5, 5.41) is 31.1. The molecule has 0 spiro atoms. The number of hydrogen-bond acceptors (Lipinski definition) is 6. The molecule has 0 saturated heterocycles. The topological polar surface area (TPSA) is 136 Å². The molecule has 46 heavy (non-hydrogen) atoms. The van der Waals surface area contributed by atoms with E-state index in [-0.39, 0.29) is 16.1 Å². The Labute approximate surface area is 278 Å². The van der Waals surface area contributed by atoms with Gasteiger partial charge in [-0.1, -0.05) is 142 Å². The second kappa shape index (κ2) is 23.5. The molecule has 8 nitrogen and oxygen atoms in total. The average molecular weight is 661 g/mol. The van der Waals surface area contributed by atoms with Crippen molar-refractivity contribution in [1.29, 1.82) is 0 Å². The fourth-order valence-corrected chi connectivity index (χ4v) is 6.76. The molecule has 5 N–H and O–H groups in total. The maximum atomic E-state index is 12.6. The SMILES string of the molecule is CCCCCCCCCCCCCCCCCCCCCCCCNS(=O)(=O)c1ccc(C(=O)Nc2cc(O)c(O)c(O)c2)cc1. The standard InChI is InChI=1S/C37H60N2O6S/c1-2-3-4-5-6-7-8-9-10-11-12-13-14-15-16-17-18-19-20-21-22-23-28-38-46(44,45)33-26-24-31(25-27-33)37(43)39-32-29-34(40)36(42)35(41)30-32/h24-27,29-30,38,40-42H,2-23,28H2,1H3,(H,39,43). The minimum absolute atomic E-state index is 0.0720. The second-order valence-electron chi connectivity index (χ2n) is 12.7. The molecular formula is C37H60N2O6S. The minimum atomic E-state index is -3.68. The van der Waals surface area contributed by atoms with Crippen LogP contribution in [-0.4, -0.2) is 36.2 Å². The second-order valence-corrected chi connectivity index (χ2v) is 14.4. The van der Waals surface area contributed by atoms with Gasteiger partial charge in [-0.15, -0.1) is 0 Å². The monoisotopic (exact) mass is 660 g/mol. The van der Waals surface area contributed by atoms with Crippen LogP contribution in [-0.2, 0) is 10.0 Å². The van der Waals surface area contributed by atoms with Gasteiger partial charge in [0.1, 0.15) is 0 Å². The third kappa shape index (κ3) is 16.7. The summed E-state index contributed by atoms with van der Waals surface area (Å²) in [7, 11) is -3.68. The molecule has 0 aliphatic rings. The normalized spacial score (nSPS) is 11.6. The van der Waals surface area contributed by atoms with Crippen LogP contribution in [0.3, 0.4) is 0 Å². The van der Waals surface area contributed by atoms with E-state index >= 15 is 0 Å². The number of aromatic hydroxyl groups is 3. The Morgan fingerprint density at radius 2 is 0.957 bits per heavy atom. The maximum absolute atomic E-state index is 12.6. The van der Waals surface area contributed by atoms with Crippen LogP contribution < -0.4 is 10.0 Å². The van der Waals surface area contributed by atoms with Crippen LogP contribution in [0, 0.1) is 0 Å². The van der Waals surface area contributed by atoms with Crippen molar-refractivity contribution in [1.82, 2.24) is 4.72 Å². The molecule has 0 bridgehead atoms. The van der Waals surface area contributed by atoms with Gasteiger partial charge in [-0.05, 0) is 30.7 Å². The predicted octanol–water partition coefficient (Wildman–Crippen LogP) is 9.94. The Morgan fingerprint density at radius 3 is 1.35 bits per heavy atom. The van der Waals surface area contributed by atoms with E-state index in [1.807, 2.05) is 0 Å². The molecule has 0 radical (unpaired) electrons. The maximum Gasteiger partial charge on any atom is 0.255 e. The molecular weight excluding hydrogens is 600 g/mol. The van der Waals surface area contributed by atoms with Gasteiger partial charge < -0.3 is 20.6 Å². The molecule has 0 aliphatic carbocycles. The number of nitrogens with one attached hydrogen (secondary N) is 2. The molecule has 0 heterocycles. The lowest BCUT2D eigenvalue weighted by molar-refractivity contribution is 0.102. The van der Waals surface area contributed by atoms with E-state index in [0.29, 0.717) is 6.54 Å². The van der Waals surface area contributed by atoms with Crippen molar-refractivity contribution in [3.8, 4) is 17.2 Å². The zero-order valence-corrected chi connectivity index (χ0v) is 29.0. The van der Waals surface area contributed by atoms with Crippen LogP contribution in [0.15, 0.2) is 41.3 Å². The Hall–Kier alpha value is -2.78. The summed E-state index contributed by atoms with van der Waals surface area (Å²) in [6.07, 6.45) is 29.0. The number of amides is 1. The third-order valence-electron chi connectivity index (χ3n) is 8.58. The van der Waals surface area contributed by atoms with Gasteiger partial charge in [-0.25, -0.2) is 13.1 Å². The van der Waals surface area contributed by atoms with Crippen LogP contribution in [0.4, 0.5) is 5.69 Å². The highest BCUT2D eigenvalue weighted by Gasteiger charge is 2.16. The van der Waals surface area contributed by atoms with Crippen molar-refractivity contribution in [3.05, 3.63) is 42.0 Å². The number of sulfonamides is 1. The van der Waals surface area contributed by atoms with E-state index in [4.69, 9.17) is 0 Å². The summed E-state index contributed by atoms with van der Waals surface area (Å²) in [6.45, 7) is 2.65. The average Bonchev–Trinajstić information content (AvgIpc) is 3.04. The molecule has 0 saturated carbocycles. The third-order valence-corrected chi connectivity index (χ3v) is 10.1. The van der Waals surface area contributed by atoms with Crippen LogP contribution in [0.25, 0.3) is 0 Å². The number of benzene rings is 2. The Morgan fingerprint density at radius 1 is 0.587 bits per heavy atom. The van der Waals surface area contributed by atoms with Crippen LogP contribution in [0.2, 0.25) is 0 Å². The minimum Gasteiger partial charge on any atom is -0.504 e. The summed E-state index contributed by atoms with van der Waals surface area (Å²) < 4.78 is 27.9. The summed E-state index contributed by atoms with van der Waals surface area (Å²) in [5.41, 5.74) is 0.280. The summed E-state index contributed by atoms with van der Waals surface area (Å²) in [6, 6.07) is 7.70. The number of hydrogen-bond donors (Lipinski definition) is 5. The molecule has 260 valence electrons. The number of phenols is 3. The first-order chi connectivity index (χ1) is 22.2. The van der Waals surface area contributed by atoms with Crippen LogP contribution >= 0.6 is 0 Å². The van der Waals surface area contributed by atoms with Gasteiger partial charge in [0.2, 0.25) is 10.0 Å². The first-order valence-electron chi connectivity index (χ1n) is 17.9. The van der Waals surface area contributed by atoms with Crippen molar-refractivity contribution < 1.29 is 28.5 Å². The van der Waals surface area contributed by atoms with E-state index in [9.17, 15) is 28.5 Å². The number of unbranched alkanes of at least 4 members (excludes halogenated alkanes) is 21. The molecule has 1 amide bonds. The molecule has 2 rings (SSSR count). The van der Waals surface area contributed by atoms with Crippen LogP contribution in [0.5, 0.6) is 17.2 Å². The first kappa shape index (κ1) is 39.4. The highest BCUT2D eigenvalue weighted by molar-refractivity contribution is 7.89. The summed E-state index contributed by atoms with van der Waals surface area (Å²) >= 11 is 0. The number of rotatable bonds is 27. The van der Waals surface area contributed by atoms with Gasteiger partial charge >= 0.3 is 0 Å². The van der Waals surface area contributed by atoms with Gasteiger partial charge in [-0.3, -0.25) is 4.79 Å². The molecule has 2 aromatic rings. The Kier molecular flexibility index (Phi) is 20.1. The lowest BCUT2D eigenvalue weighted by Crippen LogP contribution is -2.25. The van der Waals surface area contributed by atoms with Crippen molar-refractivity contribution in [3.63, 3.8) is 0 Å². The molecule has 0 fully saturated rings. The molecule has 0 atom stereocenters. The van der Waals surface area contributed by atoms with Gasteiger partial charge in [-0.2, -0.15) is 0 Å². The van der Waals surface area contributed by atoms with E-state index in [0.717, 1.165) is 31.4 Å². The van der Waals surface area contributed by atoms with Crippen molar-refractivity contribution in [2.24, 2.45) is 0 Å². The Balaban J connectivity index is 1.43. The predicted molar refractivity (Wildman–Crippen MR) is 188 cm³/mol. The molecule has 0 aromatic heterocycles. The number of carbonyl (C=O) groups excluding carboxylic acids is 1. The fourth-order valence-electron chi connectivity index (χ4n) is 5.69. The van der Waals surface area contributed by atoms with E-state index < -0.39 is 33.2 Å². The van der Waals surface area contributed by atoms with Gasteiger partial charge in [0.25, 0.3) is 5.91 Å². The highest BCUT2D eigenvalue weighted by Crippen LogP contribution is 2.37. The number of phenolic OH excluding ortho intramolecular Hbond substituents is 3. The highest BCUT2D eigenvalue weighted by atomic mass is 32.2. The van der Waals surface area contributed by atoms with E-state index in [2.05, 4.69) is 17.0 Å². The lowest BCUT2D eigenvalue weighted by atomic mass is 10.0. The molecule has 0 aliphatic heterocycles. The summed E-state index contributed by atoms with van der Waals surface area (Å²) in [5.74, 6) is -2.39. The Bertz CT molecular complexity index is 1190. The number of anilines is 1. The molecule has 9 heteroatoms. The smallest absolute Gasteiger partial charge is 0.255 e.